The molecule has 0 aliphatic rings. The molecule has 0 aliphatic heterocycles. The van der Waals surface area contributed by atoms with Crippen molar-refractivity contribution in [3.63, 3.8) is 0 Å². The highest BCUT2D eigenvalue weighted by molar-refractivity contribution is 5.89. The van der Waals surface area contributed by atoms with Gasteiger partial charge in [0.05, 0.1) is 12.8 Å². The van der Waals surface area contributed by atoms with Crippen molar-refractivity contribution in [1.82, 2.24) is 9.97 Å². The molecule has 0 spiro atoms. The lowest BCUT2D eigenvalue weighted by Gasteiger charge is -2.11. The molecular formula is C20H16F3N3O4. The molecule has 10 heteroatoms. The molecule has 7 nitrogen and oxygen atoms in total. The number of hydrogen-bond donors (Lipinski definition) is 2. The molecule has 2 N–H and O–H groups in total. The quantitative estimate of drug-likeness (QED) is 0.588. The first-order chi connectivity index (χ1) is 14.2. The Morgan fingerprint density at radius 1 is 1.17 bits per heavy atom. The van der Waals surface area contributed by atoms with E-state index in [-0.39, 0.29) is 23.7 Å². The van der Waals surface area contributed by atoms with Gasteiger partial charge in [0, 0.05) is 18.3 Å². The number of aromatic nitrogens is 2. The zero-order valence-corrected chi connectivity index (χ0v) is 15.6. The Labute approximate surface area is 169 Å². The number of pyridine rings is 2. The molecule has 2 aromatic heterocycles. The summed E-state index contributed by atoms with van der Waals surface area (Å²) < 4.78 is 45.8. The molecule has 3 rings (SSSR count). The van der Waals surface area contributed by atoms with Gasteiger partial charge < -0.3 is 19.9 Å². The fourth-order valence-electron chi connectivity index (χ4n) is 2.62. The summed E-state index contributed by atoms with van der Waals surface area (Å²) in [4.78, 5) is 19.6. The Morgan fingerprint density at radius 3 is 2.60 bits per heavy atom. The molecule has 30 heavy (non-hydrogen) atoms. The van der Waals surface area contributed by atoms with Crippen LogP contribution in [0.15, 0.2) is 54.7 Å². The van der Waals surface area contributed by atoms with Crippen LogP contribution in [0.2, 0.25) is 0 Å². The summed E-state index contributed by atoms with van der Waals surface area (Å²) in [5.74, 6) is -0.885. The molecule has 0 fully saturated rings. The van der Waals surface area contributed by atoms with Gasteiger partial charge in [-0.15, -0.1) is 13.2 Å². The minimum absolute atomic E-state index is 0.147. The van der Waals surface area contributed by atoms with E-state index in [1.54, 1.807) is 24.3 Å². The monoisotopic (exact) mass is 419 g/mol. The second-order valence-electron chi connectivity index (χ2n) is 6.03. The summed E-state index contributed by atoms with van der Waals surface area (Å²) in [6, 6.07) is 12.1. The molecule has 0 radical (unpaired) electrons. The first kappa shape index (κ1) is 20.9. The van der Waals surface area contributed by atoms with Crippen molar-refractivity contribution in [2.75, 3.05) is 12.4 Å². The van der Waals surface area contributed by atoms with Crippen LogP contribution >= 0.6 is 0 Å². The Morgan fingerprint density at radius 2 is 1.97 bits per heavy atom. The van der Waals surface area contributed by atoms with Gasteiger partial charge in [0.2, 0.25) is 0 Å². The molecule has 0 atom stereocenters. The summed E-state index contributed by atoms with van der Waals surface area (Å²) >= 11 is 0. The summed E-state index contributed by atoms with van der Waals surface area (Å²) in [6.07, 6.45) is -3.24. The Hall–Kier alpha value is -3.82. The van der Waals surface area contributed by atoms with Gasteiger partial charge in [-0.25, -0.2) is 14.8 Å². The number of aromatic carboxylic acids is 1. The Kier molecular flexibility index (Phi) is 6.05. The van der Waals surface area contributed by atoms with Gasteiger partial charge >= 0.3 is 12.3 Å². The van der Waals surface area contributed by atoms with Gasteiger partial charge in [0.25, 0.3) is 0 Å². The second kappa shape index (κ2) is 8.68. The van der Waals surface area contributed by atoms with E-state index in [2.05, 4.69) is 20.0 Å². The Balaban J connectivity index is 1.69. The average Bonchev–Trinajstić information content (AvgIpc) is 2.71. The number of rotatable bonds is 7. The number of carboxylic acids is 1. The van der Waals surface area contributed by atoms with Crippen molar-refractivity contribution < 1.29 is 32.5 Å². The lowest BCUT2D eigenvalue weighted by molar-refractivity contribution is -0.274. The highest BCUT2D eigenvalue weighted by atomic mass is 19.4. The number of hydrogen-bond acceptors (Lipinski definition) is 6. The summed E-state index contributed by atoms with van der Waals surface area (Å²) in [5.41, 5.74) is 1.36. The number of anilines is 1. The zero-order valence-electron chi connectivity index (χ0n) is 15.6. The average molecular weight is 419 g/mol. The van der Waals surface area contributed by atoms with Crippen LogP contribution in [0, 0.1) is 0 Å². The number of benzene rings is 1. The summed E-state index contributed by atoms with van der Waals surface area (Å²) in [6.45, 7) is 0.228. The zero-order chi connectivity index (χ0) is 21.7. The molecule has 0 bridgehead atoms. The van der Waals surface area contributed by atoms with Gasteiger partial charge in [0.1, 0.15) is 11.6 Å². The van der Waals surface area contributed by atoms with E-state index >= 15 is 0 Å². The molecule has 0 saturated carbocycles. The van der Waals surface area contributed by atoms with E-state index in [0.717, 1.165) is 0 Å². The predicted molar refractivity (Wildman–Crippen MR) is 101 cm³/mol. The van der Waals surface area contributed by atoms with E-state index in [9.17, 15) is 23.1 Å². The first-order valence-corrected chi connectivity index (χ1v) is 8.58. The van der Waals surface area contributed by atoms with Crippen LogP contribution in [-0.4, -0.2) is 34.5 Å². The molecule has 0 aliphatic carbocycles. The largest absolute Gasteiger partial charge is 0.573 e. The molecule has 0 saturated heterocycles. The minimum atomic E-state index is -4.75. The molecule has 2 heterocycles. The van der Waals surface area contributed by atoms with E-state index in [4.69, 9.17) is 4.74 Å². The van der Waals surface area contributed by atoms with Crippen LogP contribution in [0.5, 0.6) is 11.5 Å². The van der Waals surface area contributed by atoms with Gasteiger partial charge in [0.15, 0.2) is 11.4 Å². The van der Waals surface area contributed by atoms with Crippen LogP contribution in [0.3, 0.4) is 0 Å². The van der Waals surface area contributed by atoms with Crippen molar-refractivity contribution in [1.29, 1.82) is 0 Å². The molecule has 0 amide bonds. The standard InChI is InChI=1S/C20H16F3N3O4/c1-29-16-7-6-15(26-18(16)19(27)28)13-5-8-17(25-11-13)24-10-12-3-2-4-14(9-12)30-20(21,22)23/h2-9,11H,10H2,1H3,(H,24,25)(H,27,28). The normalized spacial score (nSPS) is 11.1. The number of nitrogens with zero attached hydrogens (tertiary/aromatic N) is 2. The summed E-state index contributed by atoms with van der Waals surface area (Å²) in [5, 5.41) is 12.2. The summed E-state index contributed by atoms with van der Waals surface area (Å²) in [7, 11) is 1.36. The van der Waals surface area contributed by atoms with E-state index in [1.165, 1.54) is 37.6 Å². The van der Waals surface area contributed by atoms with Gasteiger partial charge in [-0.1, -0.05) is 12.1 Å². The number of carboxylic acid groups (broad SMARTS) is 1. The maximum atomic E-state index is 12.3. The van der Waals surface area contributed by atoms with Crippen LogP contribution in [0.25, 0.3) is 11.3 Å². The van der Waals surface area contributed by atoms with Crippen LogP contribution in [0.1, 0.15) is 16.1 Å². The number of methoxy groups -OCH3 is 1. The smallest absolute Gasteiger partial charge is 0.494 e. The van der Waals surface area contributed by atoms with E-state index in [0.29, 0.717) is 22.6 Å². The molecule has 156 valence electrons. The van der Waals surface area contributed by atoms with Crippen LogP contribution in [-0.2, 0) is 6.54 Å². The number of nitrogens with one attached hydrogen (secondary N) is 1. The second-order valence-corrected chi connectivity index (χ2v) is 6.03. The molecule has 1 aromatic carbocycles. The Bertz CT molecular complexity index is 1040. The fourth-order valence-corrected chi connectivity index (χ4v) is 2.62. The third-order valence-corrected chi connectivity index (χ3v) is 3.95. The maximum absolute atomic E-state index is 12.3. The third-order valence-electron chi connectivity index (χ3n) is 3.95. The number of carbonyl (C=O) groups is 1. The highest BCUT2D eigenvalue weighted by Gasteiger charge is 2.31. The van der Waals surface area contributed by atoms with Gasteiger partial charge in [-0.2, -0.15) is 0 Å². The maximum Gasteiger partial charge on any atom is 0.573 e. The van der Waals surface area contributed by atoms with Crippen molar-refractivity contribution in [3.8, 4) is 22.8 Å². The van der Waals surface area contributed by atoms with Crippen molar-refractivity contribution in [2.24, 2.45) is 0 Å². The van der Waals surface area contributed by atoms with Crippen LogP contribution < -0.4 is 14.8 Å². The lowest BCUT2D eigenvalue weighted by Crippen LogP contribution is -2.17. The molecule has 0 unspecified atom stereocenters. The number of ether oxygens (including phenoxy) is 2. The van der Waals surface area contributed by atoms with Gasteiger partial charge in [-0.05, 0) is 42.0 Å². The number of alkyl halides is 3. The van der Waals surface area contributed by atoms with Crippen molar-refractivity contribution in [3.05, 3.63) is 66.0 Å². The number of halogens is 3. The van der Waals surface area contributed by atoms with Gasteiger partial charge in [-0.3, -0.25) is 0 Å². The van der Waals surface area contributed by atoms with Crippen LogP contribution in [0.4, 0.5) is 19.0 Å². The minimum Gasteiger partial charge on any atom is -0.494 e. The highest BCUT2D eigenvalue weighted by Crippen LogP contribution is 2.25. The molecular weight excluding hydrogens is 403 g/mol. The van der Waals surface area contributed by atoms with E-state index < -0.39 is 12.3 Å². The van der Waals surface area contributed by atoms with Crippen molar-refractivity contribution in [2.45, 2.75) is 12.9 Å². The van der Waals surface area contributed by atoms with Crippen molar-refractivity contribution >= 4 is 11.8 Å². The topological polar surface area (TPSA) is 93.6 Å². The SMILES string of the molecule is COc1ccc(-c2ccc(NCc3cccc(OC(F)(F)F)c3)nc2)nc1C(=O)O. The van der Waals surface area contributed by atoms with E-state index in [1.807, 2.05) is 0 Å². The lowest BCUT2D eigenvalue weighted by atomic mass is 10.1. The third kappa shape index (κ3) is 5.37. The fraction of sp³-hybridized carbons (Fsp3) is 0.150. The predicted octanol–water partition coefficient (Wildman–Crippen LogP) is 4.36. The molecule has 3 aromatic rings. The first-order valence-electron chi connectivity index (χ1n) is 8.58.